The minimum atomic E-state index is 0.0142. The molecule has 0 fully saturated rings. The summed E-state index contributed by atoms with van der Waals surface area (Å²) in [5, 5.41) is 10.5. The zero-order chi connectivity index (χ0) is 14.2. The zero-order valence-electron chi connectivity index (χ0n) is 11.3. The van der Waals surface area contributed by atoms with E-state index in [2.05, 4.69) is 9.97 Å². The fourth-order valence-corrected chi connectivity index (χ4v) is 2.68. The van der Waals surface area contributed by atoms with E-state index < -0.39 is 0 Å². The summed E-state index contributed by atoms with van der Waals surface area (Å²) in [5.41, 5.74) is 3.66. The second-order valence-electron chi connectivity index (χ2n) is 5.01. The van der Waals surface area contributed by atoms with Crippen LogP contribution in [0.25, 0.3) is 16.7 Å². The Bertz CT molecular complexity index is 889. The number of hydrogen-bond acceptors (Lipinski definition) is 3. The van der Waals surface area contributed by atoms with Crippen molar-refractivity contribution in [3.8, 4) is 0 Å². The van der Waals surface area contributed by atoms with Gasteiger partial charge in [0.05, 0.1) is 18.8 Å². The van der Waals surface area contributed by atoms with Crippen LogP contribution in [0.2, 0.25) is 0 Å². The van der Waals surface area contributed by atoms with Gasteiger partial charge in [-0.2, -0.15) is 0 Å². The molecule has 4 aromatic heterocycles. The van der Waals surface area contributed by atoms with Gasteiger partial charge in [0.2, 0.25) is 0 Å². The maximum Gasteiger partial charge on any atom is 0.140 e. The minimum Gasteiger partial charge on any atom is -0.392 e. The Labute approximate surface area is 121 Å². The van der Waals surface area contributed by atoms with Crippen molar-refractivity contribution in [3.05, 3.63) is 66.4 Å². The Morgan fingerprint density at radius 1 is 1.10 bits per heavy atom. The van der Waals surface area contributed by atoms with E-state index in [4.69, 9.17) is 0 Å². The molecule has 4 aromatic rings. The van der Waals surface area contributed by atoms with E-state index in [1.54, 1.807) is 6.20 Å². The zero-order valence-corrected chi connectivity index (χ0v) is 11.3. The Hall–Kier alpha value is -2.66. The van der Waals surface area contributed by atoms with Crippen LogP contribution in [-0.2, 0) is 13.2 Å². The molecule has 0 saturated heterocycles. The highest BCUT2D eigenvalue weighted by atomic mass is 16.3. The summed E-state index contributed by atoms with van der Waals surface area (Å²) in [6.07, 6.45) is 7.71. The van der Waals surface area contributed by atoms with E-state index in [1.165, 1.54) is 0 Å². The number of rotatable bonds is 3. The fourth-order valence-electron chi connectivity index (χ4n) is 2.68. The molecule has 104 valence electrons. The number of pyridine rings is 2. The predicted octanol–water partition coefficient (Wildman–Crippen LogP) is 2.22. The number of hydrogen-bond donors (Lipinski definition) is 1. The highest BCUT2D eigenvalue weighted by Gasteiger charge is 2.10. The number of nitrogens with zero attached hydrogens (tertiary/aromatic N) is 4. The maximum absolute atomic E-state index is 9.47. The van der Waals surface area contributed by atoms with Gasteiger partial charge in [0.1, 0.15) is 11.3 Å². The molecule has 5 nitrogen and oxygen atoms in total. The lowest BCUT2D eigenvalue weighted by atomic mass is 10.2. The van der Waals surface area contributed by atoms with E-state index in [9.17, 15) is 5.11 Å². The molecule has 0 atom stereocenters. The molecule has 0 radical (unpaired) electrons. The molecule has 0 aliphatic rings. The van der Waals surface area contributed by atoms with Crippen LogP contribution in [0.3, 0.4) is 0 Å². The van der Waals surface area contributed by atoms with Gasteiger partial charge >= 0.3 is 0 Å². The summed E-state index contributed by atoms with van der Waals surface area (Å²) < 4.78 is 4.03. The third-order valence-corrected chi connectivity index (χ3v) is 3.63. The summed E-state index contributed by atoms with van der Waals surface area (Å²) in [6.45, 7) is 0.648. The quantitative estimate of drug-likeness (QED) is 0.625. The van der Waals surface area contributed by atoms with E-state index in [0.29, 0.717) is 6.54 Å². The number of aliphatic hydroxyl groups excluding tert-OH is 1. The van der Waals surface area contributed by atoms with Crippen LogP contribution in [0.15, 0.2) is 55.1 Å². The van der Waals surface area contributed by atoms with Crippen molar-refractivity contribution in [2.45, 2.75) is 13.2 Å². The lowest BCUT2D eigenvalue weighted by Crippen LogP contribution is -1.99. The third kappa shape index (κ3) is 1.98. The highest BCUT2D eigenvalue weighted by Crippen LogP contribution is 2.20. The smallest absolute Gasteiger partial charge is 0.140 e. The summed E-state index contributed by atoms with van der Waals surface area (Å²) in [5.74, 6) is 0. The van der Waals surface area contributed by atoms with Crippen molar-refractivity contribution in [2.75, 3.05) is 0 Å². The molecular weight excluding hydrogens is 264 g/mol. The lowest BCUT2D eigenvalue weighted by molar-refractivity contribution is 0.283. The molecule has 0 bridgehead atoms. The van der Waals surface area contributed by atoms with Crippen molar-refractivity contribution < 1.29 is 5.11 Å². The van der Waals surface area contributed by atoms with Crippen LogP contribution in [-0.4, -0.2) is 24.0 Å². The summed E-state index contributed by atoms with van der Waals surface area (Å²) in [6, 6.07) is 9.80. The highest BCUT2D eigenvalue weighted by molar-refractivity contribution is 5.80. The van der Waals surface area contributed by atoms with Crippen LogP contribution >= 0.6 is 0 Å². The van der Waals surface area contributed by atoms with Crippen LogP contribution in [0.4, 0.5) is 0 Å². The molecule has 5 heteroatoms. The molecule has 1 N–H and O–H groups in total. The summed E-state index contributed by atoms with van der Waals surface area (Å²) in [7, 11) is 0. The third-order valence-electron chi connectivity index (χ3n) is 3.63. The molecule has 0 unspecified atom stereocenters. The second-order valence-corrected chi connectivity index (χ2v) is 5.01. The molecule has 0 saturated carbocycles. The predicted molar refractivity (Wildman–Crippen MR) is 79.9 cm³/mol. The number of aromatic nitrogens is 4. The van der Waals surface area contributed by atoms with E-state index in [-0.39, 0.29) is 6.61 Å². The SMILES string of the molecule is OCc1cn(Cc2cn3ccccc3n2)c2ncccc12. The minimum absolute atomic E-state index is 0.0142. The van der Waals surface area contributed by atoms with Gasteiger partial charge in [0, 0.05) is 35.7 Å². The van der Waals surface area contributed by atoms with Gasteiger partial charge in [0.15, 0.2) is 0 Å². The van der Waals surface area contributed by atoms with Crippen molar-refractivity contribution in [1.82, 2.24) is 18.9 Å². The Morgan fingerprint density at radius 3 is 2.90 bits per heavy atom. The molecule has 21 heavy (non-hydrogen) atoms. The molecule has 0 aromatic carbocycles. The molecule has 0 aliphatic carbocycles. The van der Waals surface area contributed by atoms with Crippen molar-refractivity contribution >= 4 is 16.7 Å². The lowest BCUT2D eigenvalue weighted by Gasteiger charge is -2.00. The van der Waals surface area contributed by atoms with Crippen molar-refractivity contribution in [3.63, 3.8) is 0 Å². The average Bonchev–Trinajstić information content (AvgIpc) is 3.08. The molecular formula is C16H14N4O. The van der Waals surface area contributed by atoms with Crippen LogP contribution in [0.5, 0.6) is 0 Å². The molecule has 0 aliphatic heterocycles. The van der Waals surface area contributed by atoms with Gasteiger partial charge in [0.25, 0.3) is 0 Å². The number of fused-ring (bicyclic) bond motifs is 2. The van der Waals surface area contributed by atoms with Gasteiger partial charge < -0.3 is 14.1 Å². The van der Waals surface area contributed by atoms with Crippen molar-refractivity contribution in [1.29, 1.82) is 0 Å². The first kappa shape index (κ1) is 12.1. The summed E-state index contributed by atoms with van der Waals surface area (Å²) in [4.78, 5) is 9.02. The van der Waals surface area contributed by atoms with Gasteiger partial charge in [-0.1, -0.05) is 6.07 Å². The topological polar surface area (TPSA) is 55.4 Å². The largest absolute Gasteiger partial charge is 0.392 e. The summed E-state index contributed by atoms with van der Waals surface area (Å²) >= 11 is 0. The molecule has 0 amide bonds. The first-order valence-corrected chi connectivity index (χ1v) is 6.81. The molecule has 4 heterocycles. The maximum atomic E-state index is 9.47. The van der Waals surface area contributed by atoms with Crippen LogP contribution < -0.4 is 0 Å². The monoisotopic (exact) mass is 278 g/mol. The standard InChI is InChI=1S/C16H14N4O/c21-11-12-8-20(16-14(12)4-3-6-17-16)10-13-9-19-7-2-1-5-15(19)18-13/h1-9,21H,10-11H2. The molecule has 0 spiro atoms. The molecule has 4 rings (SSSR count). The van der Waals surface area contributed by atoms with Crippen LogP contribution in [0, 0.1) is 0 Å². The first-order valence-electron chi connectivity index (χ1n) is 6.81. The van der Waals surface area contributed by atoms with E-state index in [1.807, 2.05) is 57.9 Å². The average molecular weight is 278 g/mol. The first-order chi connectivity index (χ1) is 10.3. The van der Waals surface area contributed by atoms with Gasteiger partial charge in [-0.25, -0.2) is 9.97 Å². The Balaban J connectivity index is 1.80. The Morgan fingerprint density at radius 2 is 2.05 bits per heavy atom. The van der Waals surface area contributed by atoms with E-state index in [0.717, 1.165) is 27.9 Å². The number of aliphatic hydroxyl groups is 1. The number of imidazole rings is 1. The van der Waals surface area contributed by atoms with Gasteiger partial charge in [-0.15, -0.1) is 0 Å². The normalized spacial score (nSPS) is 11.5. The van der Waals surface area contributed by atoms with Crippen molar-refractivity contribution in [2.24, 2.45) is 0 Å². The Kier molecular flexibility index (Phi) is 2.72. The van der Waals surface area contributed by atoms with E-state index >= 15 is 0 Å². The van der Waals surface area contributed by atoms with Crippen LogP contribution in [0.1, 0.15) is 11.3 Å². The van der Waals surface area contributed by atoms with Gasteiger partial charge in [-0.3, -0.25) is 0 Å². The fraction of sp³-hybridized carbons (Fsp3) is 0.125. The second kappa shape index (κ2) is 4.71. The van der Waals surface area contributed by atoms with Gasteiger partial charge in [-0.05, 0) is 24.3 Å².